The fraction of sp³-hybridized carbons (Fsp3) is 0.200. The average Bonchev–Trinajstić information content (AvgIpc) is 3.56. The molecule has 1 aliphatic rings. The fourth-order valence-electron chi connectivity index (χ4n) is 4.92. The smallest absolute Gasteiger partial charge is 0.350 e. The topological polar surface area (TPSA) is 115 Å². The molecule has 230 valence electrons. The van der Waals surface area contributed by atoms with Gasteiger partial charge in [0.1, 0.15) is 35.3 Å². The van der Waals surface area contributed by atoms with E-state index in [0.717, 1.165) is 22.5 Å². The lowest BCUT2D eigenvalue weighted by Crippen LogP contribution is -2.29. The van der Waals surface area contributed by atoms with Crippen LogP contribution in [0.5, 0.6) is 11.5 Å². The van der Waals surface area contributed by atoms with Gasteiger partial charge in [0.05, 0.1) is 23.9 Å². The number of hydrogen-bond donors (Lipinski definition) is 1. The Bertz CT molecular complexity index is 1770. The van der Waals surface area contributed by atoms with E-state index in [9.17, 15) is 19.5 Å². The molecule has 4 aromatic rings. The minimum absolute atomic E-state index is 0.112. The molecule has 1 atom stereocenters. The summed E-state index contributed by atoms with van der Waals surface area (Å²) in [5, 5.41) is 11.7. The molecule has 45 heavy (non-hydrogen) atoms. The largest absolute Gasteiger partial charge is 0.507 e. The normalized spacial score (nSPS) is 15.6. The number of esters is 1. The van der Waals surface area contributed by atoms with Crippen molar-refractivity contribution in [2.75, 3.05) is 18.1 Å². The highest BCUT2D eigenvalue weighted by atomic mass is 32.1. The number of aromatic nitrogens is 1. The Labute approximate surface area is 265 Å². The highest BCUT2D eigenvalue weighted by Gasteiger charge is 2.48. The van der Waals surface area contributed by atoms with E-state index in [0.29, 0.717) is 41.5 Å². The first-order valence-electron chi connectivity index (χ1n) is 14.3. The quantitative estimate of drug-likeness (QED) is 0.0644. The molecule has 5 rings (SSSR count). The number of Topliss-reactive ketones (excluding diaryl/α,β-unsaturated/α-hetero) is 1. The minimum Gasteiger partial charge on any atom is -0.507 e. The molecule has 2 heterocycles. The van der Waals surface area contributed by atoms with Crippen LogP contribution in [0, 0.1) is 13.8 Å². The summed E-state index contributed by atoms with van der Waals surface area (Å²) in [5.74, 6) is -1.54. The van der Waals surface area contributed by atoms with Crippen molar-refractivity contribution in [2.24, 2.45) is 0 Å². The molecule has 1 aliphatic heterocycles. The van der Waals surface area contributed by atoms with Crippen molar-refractivity contribution in [3.05, 3.63) is 124 Å². The number of aliphatic hydroxyl groups is 1. The third-order valence-corrected chi connectivity index (χ3v) is 8.38. The zero-order valence-corrected chi connectivity index (χ0v) is 25.9. The minimum atomic E-state index is -1.03. The Balaban J connectivity index is 1.53. The van der Waals surface area contributed by atoms with Gasteiger partial charge in [-0.3, -0.25) is 14.5 Å². The molecule has 0 radical (unpaired) electrons. The highest BCUT2D eigenvalue weighted by molar-refractivity contribution is 7.17. The third kappa shape index (κ3) is 6.51. The van der Waals surface area contributed by atoms with Crippen molar-refractivity contribution in [2.45, 2.75) is 33.4 Å². The molecular formula is C35H32N2O7S. The summed E-state index contributed by atoms with van der Waals surface area (Å²) in [6, 6.07) is 20.4. The Morgan fingerprint density at radius 1 is 1.00 bits per heavy atom. The summed E-state index contributed by atoms with van der Waals surface area (Å²) >= 11 is 0.950. The number of thiazole rings is 1. The van der Waals surface area contributed by atoms with Crippen LogP contribution in [0.2, 0.25) is 0 Å². The lowest BCUT2D eigenvalue weighted by atomic mass is 9.95. The van der Waals surface area contributed by atoms with Gasteiger partial charge in [-0.25, -0.2) is 9.78 Å². The van der Waals surface area contributed by atoms with E-state index < -0.39 is 23.7 Å². The van der Waals surface area contributed by atoms with Gasteiger partial charge in [0.2, 0.25) is 0 Å². The lowest BCUT2D eigenvalue weighted by molar-refractivity contribution is -0.132. The van der Waals surface area contributed by atoms with E-state index in [2.05, 4.69) is 11.6 Å². The predicted molar refractivity (Wildman–Crippen MR) is 172 cm³/mol. The van der Waals surface area contributed by atoms with Gasteiger partial charge in [0, 0.05) is 5.56 Å². The molecule has 0 spiro atoms. The van der Waals surface area contributed by atoms with Crippen LogP contribution in [0.3, 0.4) is 0 Å². The molecule has 1 amide bonds. The molecule has 10 heteroatoms. The van der Waals surface area contributed by atoms with Crippen molar-refractivity contribution in [1.82, 2.24) is 4.98 Å². The maximum absolute atomic E-state index is 13.6. The Kier molecular flexibility index (Phi) is 9.44. The summed E-state index contributed by atoms with van der Waals surface area (Å²) in [7, 11) is 0. The molecule has 0 bridgehead atoms. The number of nitrogens with zero attached hydrogens (tertiary/aromatic N) is 2. The van der Waals surface area contributed by atoms with Crippen molar-refractivity contribution in [3.63, 3.8) is 0 Å². The molecule has 1 N–H and O–H groups in total. The standard InChI is InChI=1S/C35H32N2O7S/c1-5-19-43-26-15-11-23(12-16-26)29-28(31(39)33(40)37(29)35-36-22(4)32(45-35)34(41)42-6-2)30(38)24-13-17-27(18-14-24)44-20-25-10-8-7-9-21(25)3/h5,7-18,29,38H,1,6,19-20H2,2-4H3. The Morgan fingerprint density at radius 3 is 2.33 bits per heavy atom. The SMILES string of the molecule is C=CCOc1ccc(C2C(=C(O)c3ccc(OCc4ccccc4C)cc3)C(=O)C(=O)N2c2nc(C)c(C(=O)OCC)s2)cc1. The summed E-state index contributed by atoms with van der Waals surface area (Å²) in [6.07, 6.45) is 1.62. The van der Waals surface area contributed by atoms with E-state index in [1.165, 1.54) is 4.90 Å². The number of hydrogen-bond acceptors (Lipinski definition) is 9. The maximum atomic E-state index is 13.6. The van der Waals surface area contributed by atoms with Crippen LogP contribution in [0.25, 0.3) is 5.76 Å². The third-order valence-electron chi connectivity index (χ3n) is 7.24. The summed E-state index contributed by atoms with van der Waals surface area (Å²) in [4.78, 5) is 45.6. The number of aliphatic hydroxyl groups excluding tert-OH is 1. The molecule has 1 unspecified atom stereocenters. The van der Waals surface area contributed by atoms with Crippen LogP contribution in [-0.2, 0) is 20.9 Å². The molecule has 3 aromatic carbocycles. The van der Waals surface area contributed by atoms with E-state index >= 15 is 0 Å². The van der Waals surface area contributed by atoms with Gasteiger partial charge in [-0.05, 0) is 73.9 Å². The van der Waals surface area contributed by atoms with Crippen LogP contribution in [-0.4, -0.2) is 41.0 Å². The molecule has 1 aromatic heterocycles. The molecule has 0 aliphatic carbocycles. The van der Waals surface area contributed by atoms with Gasteiger partial charge in [-0.2, -0.15) is 0 Å². The van der Waals surface area contributed by atoms with E-state index in [-0.39, 0.29) is 27.9 Å². The van der Waals surface area contributed by atoms with Crippen molar-refractivity contribution < 1.29 is 33.7 Å². The number of aryl methyl sites for hydroxylation is 2. The number of carbonyl (C=O) groups excluding carboxylic acids is 3. The second-order valence-electron chi connectivity index (χ2n) is 10.2. The first-order valence-corrected chi connectivity index (χ1v) is 15.1. The number of amides is 1. The number of carbonyl (C=O) groups is 3. The van der Waals surface area contributed by atoms with Crippen LogP contribution < -0.4 is 14.4 Å². The first-order chi connectivity index (χ1) is 21.7. The monoisotopic (exact) mass is 624 g/mol. The molecule has 0 saturated carbocycles. The van der Waals surface area contributed by atoms with Crippen LogP contribution in [0.4, 0.5) is 5.13 Å². The summed E-state index contributed by atoms with van der Waals surface area (Å²) in [6.45, 7) is 9.84. The van der Waals surface area contributed by atoms with Crippen molar-refractivity contribution in [1.29, 1.82) is 0 Å². The molecule has 1 saturated heterocycles. The lowest BCUT2D eigenvalue weighted by Gasteiger charge is -2.23. The Hall–Kier alpha value is -5.22. The van der Waals surface area contributed by atoms with Gasteiger partial charge >= 0.3 is 11.9 Å². The molecule has 1 fully saturated rings. The van der Waals surface area contributed by atoms with Crippen LogP contribution in [0.1, 0.15) is 50.6 Å². The van der Waals surface area contributed by atoms with Gasteiger partial charge < -0.3 is 19.3 Å². The molecular weight excluding hydrogens is 592 g/mol. The summed E-state index contributed by atoms with van der Waals surface area (Å²) in [5.41, 5.74) is 3.28. The van der Waals surface area contributed by atoms with E-state index in [1.54, 1.807) is 68.5 Å². The fourth-order valence-corrected chi connectivity index (χ4v) is 5.90. The second-order valence-corrected chi connectivity index (χ2v) is 11.2. The van der Waals surface area contributed by atoms with Crippen molar-refractivity contribution >= 4 is 39.9 Å². The van der Waals surface area contributed by atoms with Crippen LogP contribution in [0.15, 0.2) is 91.0 Å². The van der Waals surface area contributed by atoms with Crippen LogP contribution >= 0.6 is 11.3 Å². The summed E-state index contributed by atoms with van der Waals surface area (Å²) < 4.78 is 16.7. The highest BCUT2D eigenvalue weighted by Crippen LogP contribution is 2.44. The van der Waals surface area contributed by atoms with E-state index in [4.69, 9.17) is 14.2 Å². The van der Waals surface area contributed by atoms with Gasteiger partial charge in [-0.1, -0.05) is 60.4 Å². The number of ether oxygens (including phenoxy) is 3. The van der Waals surface area contributed by atoms with E-state index in [1.807, 2.05) is 31.2 Å². The predicted octanol–water partition coefficient (Wildman–Crippen LogP) is 6.71. The molecule has 9 nitrogen and oxygen atoms in total. The van der Waals surface area contributed by atoms with Crippen molar-refractivity contribution in [3.8, 4) is 11.5 Å². The van der Waals surface area contributed by atoms with Gasteiger partial charge in [-0.15, -0.1) is 0 Å². The zero-order valence-electron chi connectivity index (χ0n) is 25.1. The maximum Gasteiger partial charge on any atom is 0.350 e. The number of anilines is 1. The average molecular weight is 625 g/mol. The first kappa shape index (κ1) is 31.2. The van der Waals surface area contributed by atoms with Gasteiger partial charge in [0.15, 0.2) is 5.13 Å². The second kappa shape index (κ2) is 13.6. The van der Waals surface area contributed by atoms with Gasteiger partial charge in [0.25, 0.3) is 5.78 Å². The number of ketones is 1. The number of benzene rings is 3. The Morgan fingerprint density at radius 2 is 1.67 bits per heavy atom. The zero-order chi connectivity index (χ0) is 32.1. The number of rotatable bonds is 11.